The van der Waals surface area contributed by atoms with Crippen molar-refractivity contribution in [2.24, 2.45) is 0 Å². The van der Waals surface area contributed by atoms with Crippen LogP contribution in [-0.2, 0) is 11.2 Å². The molecule has 0 saturated carbocycles. The number of amides is 1. The number of piperazine rings is 1. The Morgan fingerprint density at radius 2 is 1.73 bits per heavy atom. The molecule has 26 heavy (non-hydrogen) atoms. The van der Waals surface area contributed by atoms with Crippen LogP contribution in [0.25, 0.3) is 0 Å². The van der Waals surface area contributed by atoms with E-state index in [4.69, 9.17) is 5.26 Å². The molecule has 0 bridgehead atoms. The topological polar surface area (TPSA) is 47.3 Å². The normalized spacial score (nSPS) is 14.2. The standard InChI is InChI=1S/C22H25N3O/c1-17-4-3-5-21(18(17)2)24-12-14-25(15-13-24)22(26)11-10-19-6-8-20(16-23)9-7-19/h3-9H,10-15H2,1-2H3. The third-order valence-corrected chi connectivity index (χ3v) is 5.26. The molecule has 134 valence electrons. The molecule has 2 aromatic carbocycles. The smallest absolute Gasteiger partial charge is 0.223 e. The Balaban J connectivity index is 1.51. The highest BCUT2D eigenvalue weighted by molar-refractivity contribution is 5.77. The molecule has 0 aromatic heterocycles. The molecule has 4 heteroatoms. The van der Waals surface area contributed by atoms with Gasteiger partial charge < -0.3 is 9.80 Å². The number of rotatable bonds is 4. The van der Waals surface area contributed by atoms with Gasteiger partial charge in [-0.05, 0) is 55.2 Å². The lowest BCUT2D eigenvalue weighted by atomic mass is 10.1. The number of hydrogen-bond acceptors (Lipinski definition) is 3. The molecule has 0 spiro atoms. The molecule has 1 saturated heterocycles. The molecular formula is C22H25N3O. The van der Waals surface area contributed by atoms with E-state index in [9.17, 15) is 4.79 Å². The Labute approximate surface area is 155 Å². The van der Waals surface area contributed by atoms with Gasteiger partial charge in [0.1, 0.15) is 0 Å². The number of carbonyl (C=O) groups excluding carboxylic acids is 1. The second kappa shape index (κ2) is 8.05. The summed E-state index contributed by atoms with van der Waals surface area (Å²) in [7, 11) is 0. The lowest BCUT2D eigenvalue weighted by Crippen LogP contribution is -2.49. The zero-order valence-electron chi connectivity index (χ0n) is 15.5. The van der Waals surface area contributed by atoms with Crippen LogP contribution in [0.2, 0.25) is 0 Å². The van der Waals surface area contributed by atoms with Crippen molar-refractivity contribution in [2.75, 3.05) is 31.1 Å². The van der Waals surface area contributed by atoms with Crippen LogP contribution < -0.4 is 4.90 Å². The average Bonchev–Trinajstić information content (AvgIpc) is 2.69. The second-order valence-corrected chi connectivity index (χ2v) is 6.90. The zero-order chi connectivity index (χ0) is 18.5. The minimum atomic E-state index is 0.218. The van der Waals surface area contributed by atoms with E-state index in [1.807, 2.05) is 29.2 Å². The highest BCUT2D eigenvalue weighted by atomic mass is 16.2. The van der Waals surface area contributed by atoms with Gasteiger partial charge in [0.25, 0.3) is 0 Å². The summed E-state index contributed by atoms with van der Waals surface area (Å²) in [5.74, 6) is 0.218. The number of aryl methyl sites for hydroxylation is 2. The fourth-order valence-electron chi connectivity index (χ4n) is 3.43. The van der Waals surface area contributed by atoms with Crippen molar-refractivity contribution in [2.45, 2.75) is 26.7 Å². The minimum absolute atomic E-state index is 0.218. The number of carbonyl (C=O) groups is 1. The number of anilines is 1. The molecule has 1 aliphatic heterocycles. The van der Waals surface area contributed by atoms with Crippen LogP contribution in [0.1, 0.15) is 28.7 Å². The highest BCUT2D eigenvalue weighted by Crippen LogP contribution is 2.24. The van der Waals surface area contributed by atoms with Crippen LogP contribution in [0, 0.1) is 25.2 Å². The number of benzene rings is 2. The van der Waals surface area contributed by atoms with E-state index in [1.54, 1.807) is 0 Å². The average molecular weight is 347 g/mol. The van der Waals surface area contributed by atoms with E-state index in [2.05, 4.69) is 43.0 Å². The van der Waals surface area contributed by atoms with Crippen molar-refractivity contribution < 1.29 is 4.79 Å². The SMILES string of the molecule is Cc1cccc(N2CCN(C(=O)CCc3ccc(C#N)cc3)CC2)c1C. The Morgan fingerprint density at radius 1 is 1.04 bits per heavy atom. The fourth-order valence-corrected chi connectivity index (χ4v) is 3.43. The second-order valence-electron chi connectivity index (χ2n) is 6.90. The fraction of sp³-hybridized carbons (Fsp3) is 0.364. The largest absolute Gasteiger partial charge is 0.368 e. The van der Waals surface area contributed by atoms with E-state index in [0.717, 1.165) is 38.2 Å². The third-order valence-electron chi connectivity index (χ3n) is 5.26. The van der Waals surface area contributed by atoms with Crippen molar-refractivity contribution in [1.29, 1.82) is 5.26 Å². The summed E-state index contributed by atoms with van der Waals surface area (Å²) >= 11 is 0. The molecule has 1 aliphatic rings. The van der Waals surface area contributed by atoms with Gasteiger partial charge in [-0.1, -0.05) is 24.3 Å². The van der Waals surface area contributed by atoms with Crippen molar-refractivity contribution in [3.63, 3.8) is 0 Å². The third kappa shape index (κ3) is 4.05. The first kappa shape index (κ1) is 18.0. The van der Waals surface area contributed by atoms with Gasteiger partial charge in [-0.25, -0.2) is 0 Å². The maximum absolute atomic E-state index is 12.5. The molecule has 0 unspecified atom stereocenters. The first-order valence-electron chi connectivity index (χ1n) is 9.16. The summed E-state index contributed by atoms with van der Waals surface area (Å²) in [5, 5.41) is 8.84. The number of hydrogen-bond donors (Lipinski definition) is 0. The van der Waals surface area contributed by atoms with Crippen LogP contribution in [0.5, 0.6) is 0 Å². The van der Waals surface area contributed by atoms with Crippen LogP contribution in [0.4, 0.5) is 5.69 Å². The van der Waals surface area contributed by atoms with E-state index < -0.39 is 0 Å². The van der Waals surface area contributed by atoms with Crippen LogP contribution >= 0.6 is 0 Å². The molecule has 2 aromatic rings. The lowest BCUT2D eigenvalue weighted by Gasteiger charge is -2.37. The quantitative estimate of drug-likeness (QED) is 0.851. The molecule has 0 aliphatic carbocycles. The van der Waals surface area contributed by atoms with Gasteiger partial charge in [0.15, 0.2) is 0 Å². The van der Waals surface area contributed by atoms with Crippen LogP contribution in [0.3, 0.4) is 0 Å². The zero-order valence-corrected chi connectivity index (χ0v) is 15.5. The molecule has 0 atom stereocenters. The predicted octanol–water partition coefficient (Wildman–Crippen LogP) is 3.46. The van der Waals surface area contributed by atoms with Crippen LogP contribution in [-0.4, -0.2) is 37.0 Å². The number of nitrogens with zero attached hydrogens (tertiary/aromatic N) is 3. The van der Waals surface area contributed by atoms with Gasteiger partial charge in [0.05, 0.1) is 11.6 Å². The van der Waals surface area contributed by atoms with Gasteiger partial charge in [-0.2, -0.15) is 5.26 Å². The minimum Gasteiger partial charge on any atom is -0.368 e. The monoisotopic (exact) mass is 347 g/mol. The molecule has 0 N–H and O–H groups in total. The summed E-state index contributed by atoms with van der Waals surface area (Å²) < 4.78 is 0. The Bertz CT molecular complexity index is 812. The van der Waals surface area contributed by atoms with Gasteiger partial charge in [-0.15, -0.1) is 0 Å². The van der Waals surface area contributed by atoms with Gasteiger partial charge in [0, 0.05) is 38.3 Å². The summed E-state index contributed by atoms with van der Waals surface area (Å²) in [6, 6.07) is 16.0. The van der Waals surface area contributed by atoms with E-state index in [0.29, 0.717) is 12.0 Å². The Morgan fingerprint density at radius 3 is 2.38 bits per heavy atom. The van der Waals surface area contributed by atoms with E-state index in [1.165, 1.54) is 16.8 Å². The predicted molar refractivity (Wildman–Crippen MR) is 104 cm³/mol. The van der Waals surface area contributed by atoms with Gasteiger partial charge in [0.2, 0.25) is 5.91 Å². The first-order valence-corrected chi connectivity index (χ1v) is 9.16. The van der Waals surface area contributed by atoms with Crippen molar-refractivity contribution in [3.8, 4) is 6.07 Å². The molecule has 0 radical (unpaired) electrons. The molecule has 1 amide bonds. The van der Waals surface area contributed by atoms with Gasteiger partial charge in [-0.3, -0.25) is 4.79 Å². The molecular weight excluding hydrogens is 322 g/mol. The maximum atomic E-state index is 12.5. The van der Waals surface area contributed by atoms with Crippen LogP contribution in [0.15, 0.2) is 42.5 Å². The van der Waals surface area contributed by atoms with Crippen molar-refractivity contribution >= 4 is 11.6 Å². The molecule has 4 nitrogen and oxygen atoms in total. The summed E-state index contributed by atoms with van der Waals surface area (Å²) in [6.45, 7) is 7.63. The van der Waals surface area contributed by atoms with Gasteiger partial charge >= 0.3 is 0 Å². The van der Waals surface area contributed by atoms with E-state index >= 15 is 0 Å². The van der Waals surface area contributed by atoms with Crippen molar-refractivity contribution in [1.82, 2.24) is 4.90 Å². The maximum Gasteiger partial charge on any atom is 0.223 e. The summed E-state index contributed by atoms with van der Waals surface area (Å²) in [5.41, 5.74) is 5.68. The molecule has 1 fully saturated rings. The Hall–Kier alpha value is -2.80. The lowest BCUT2D eigenvalue weighted by molar-refractivity contribution is -0.131. The molecule has 1 heterocycles. The molecule has 3 rings (SSSR count). The first-order chi connectivity index (χ1) is 12.6. The van der Waals surface area contributed by atoms with Crippen molar-refractivity contribution in [3.05, 3.63) is 64.7 Å². The Kier molecular flexibility index (Phi) is 5.58. The highest BCUT2D eigenvalue weighted by Gasteiger charge is 2.22. The van der Waals surface area contributed by atoms with E-state index in [-0.39, 0.29) is 5.91 Å². The summed E-state index contributed by atoms with van der Waals surface area (Å²) in [6.07, 6.45) is 1.25. The number of nitriles is 1. The summed E-state index contributed by atoms with van der Waals surface area (Å²) in [4.78, 5) is 16.9.